The van der Waals surface area contributed by atoms with E-state index in [1.807, 2.05) is 30.3 Å². The lowest BCUT2D eigenvalue weighted by Crippen LogP contribution is -2.29. The van der Waals surface area contributed by atoms with Crippen LogP contribution in [0.4, 0.5) is 0 Å². The number of phenols is 1. The van der Waals surface area contributed by atoms with Crippen LogP contribution in [0.2, 0.25) is 0 Å². The first-order chi connectivity index (χ1) is 11.2. The molecule has 0 amide bonds. The minimum atomic E-state index is -0.339. The van der Waals surface area contributed by atoms with Gasteiger partial charge < -0.3 is 19.3 Å². The smallest absolute Gasteiger partial charge is 0.204 e. The van der Waals surface area contributed by atoms with Crippen LogP contribution in [-0.4, -0.2) is 31.7 Å². The predicted octanol–water partition coefficient (Wildman–Crippen LogP) is 2.84. The summed E-state index contributed by atoms with van der Waals surface area (Å²) in [5.41, 5.74) is 1.22. The molecule has 5 heteroatoms. The van der Waals surface area contributed by atoms with Gasteiger partial charge in [0, 0.05) is 6.07 Å². The summed E-state index contributed by atoms with van der Waals surface area (Å²) < 4.78 is 16.0. The van der Waals surface area contributed by atoms with Crippen LogP contribution >= 0.6 is 0 Å². The predicted molar refractivity (Wildman–Crippen MR) is 84.7 cm³/mol. The van der Waals surface area contributed by atoms with Crippen molar-refractivity contribution in [2.24, 2.45) is 5.92 Å². The first kappa shape index (κ1) is 15.2. The molecule has 1 aliphatic heterocycles. The summed E-state index contributed by atoms with van der Waals surface area (Å²) in [7, 11) is 2.88. The molecule has 1 N–H and O–H groups in total. The van der Waals surface area contributed by atoms with Crippen molar-refractivity contribution in [1.29, 1.82) is 0 Å². The number of benzene rings is 2. The van der Waals surface area contributed by atoms with Gasteiger partial charge in [-0.1, -0.05) is 30.3 Å². The lowest BCUT2D eigenvalue weighted by Gasteiger charge is -2.26. The maximum absolute atomic E-state index is 12.8. The normalized spacial score (nSPS) is 16.4. The van der Waals surface area contributed by atoms with Gasteiger partial charge in [-0.05, 0) is 12.0 Å². The summed E-state index contributed by atoms with van der Waals surface area (Å²) in [5.74, 6) is 0.0863. The molecule has 0 aliphatic carbocycles. The van der Waals surface area contributed by atoms with Crippen molar-refractivity contribution in [2.75, 3.05) is 20.8 Å². The minimum absolute atomic E-state index is 0.142. The molecule has 0 radical (unpaired) electrons. The monoisotopic (exact) mass is 314 g/mol. The van der Waals surface area contributed by atoms with Crippen molar-refractivity contribution in [3.63, 3.8) is 0 Å². The third-order valence-electron chi connectivity index (χ3n) is 3.99. The number of aromatic hydroxyl groups is 1. The number of methoxy groups -OCH3 is 2. The van der Waals surface area contributed by atoms with Gasteiger partial charge in [-0.25, -0.2) is 0 Å². The topological polar surface area (TPSA) is 65.0 Å². The number of hydrogen-bond donors (Lipinski definition) is 1. The average molecular weight is 314 g/mol. The maximum atomic E-state index is 12.8. The third kappa shape index (κ3) is 2.70. The summed E-state index contributed by atoms with van der Waals surface area (Å²) in [5, 5.41) is 10.4. The van der Waals surface area contributed by atoms with Gasteiger partial charge in [-0.2, -0.15) is 0 Å². The molecule has 1 heterocycles. The summed E-state index contributed by atoms with van der Waals surface area (Å²) in [6.07, 6.45) is 0.562. The molecular formula is C18H18O5. The fourth-order valence-electron chi connectivity index (χ4n) is 2.82. The highest BCUT2D eigenvalue weighted by Gasteiger charge is 2.34. The SMILES string of the molecule is COc1cc2c(c(O)c1OC)C(=O)C(Cc1ccccc1)CO2. The van der Waals surface area contributed by atoms with Gasteiger partial charge in [0.05, 0.1) is 26.7 Å². The number of carbonyl (C=O) groups excluding carboxylic acids is 1. The van der Waals surface area contributed by atoms with Crippen molar-refractivity contribution < 1.29 is 24.1 Å². The van der Waals surface area contributed by atoms with Crippen molar-refractivity contribution in [2.45, 2.75) is 6.42 Å². The maximum Gasteiger partial charge on any atom is 0.204 e. The van der Waals surface area contributed by atoms with Crippen LogP contribution in [-0.2, 0) is 6.42 Å². The Labute approximate surface area is 134 Å². The highest BCUT2D eigenvalue weighted by Crippen LogP contribution is 2.46. The van der Waals surface area contributed by atoms with E-state index in [9.17, 15) is 9.90 Å². The minimum Gasteiger partial charge on any atom is -0.504 e. The van der Waals surface area contributed by atoms with E-state index in [2.05, 4.69) is 0 Å². The molecule has 0 saturated heterocycles. The second-order valence-corrected chi connectivity index (χ2v) is 5.40. The molecule has 3 rings (SSSR count). The van der Waals surface area contributed by atoms with Crippen molar-refractivity contribution in [3.8, 4) is 23.0 Å². The molecule has 2 aromatic carbocycles. The van der Waals surface area contributed by atoms with Gasteiger partial charge in [0.15, 0.2) is 17.3 Å². The molecule has 0 aromatic heterocycles. The fourth-order valence-corrected chi connectivity index (χ4v) is 2.82. The first-order valence-corrected chi connectivity index (χ1v) is 7.34. The quantitative estimate of drug-likeness (QED) is 0.940. The van der Waals surface area contributed by atoms with Crippen LogP contribution in [0.1, 0.15) is 15.9 Å². The number of fused-ring (bicyclic) bond motifs is 1. The zero-order chi connectivity index (χ0) is 16.4. The number of carbonyl (C=O) groups is 1. The average Bonchev–Trinajstić information content (AvgIpc) is 2.57. The molecule has 0 spiro atoms. The zero-order valence-electron chi connectivity index (χ0n) is 13.0. The van der Waals surface area contributed by atoms with Crippen LogP contribution in [0.5, 0.6) is 23.0 Å². The van der Waals surface area contributed by atoms with Crippen molar-refractivity contribution >= 4 is 5.78 Å². The number of ether oxygens (including phenoxy) is 3. The second-order valence-electron chi connectivity index (χ2n) is 5.40. The number of Topliss-reactive ketones (excluding diaryl/α,β-unsaturated/α-hetero) is 1. The van der Waals surface area contributed by atoms with E-state index >= 15 is 0 Å². The Balaban J connectivity index is 1.96. The Hall–Kier alpha value is -2.69. The van der Waals surface area contributed by atoms with Crippen LogP contribution in [0, 0.1) is 5.92 Å². The van der Waals surface area contributed by atoms with Crippen LogP contribution in [0.15, 0.2) is 36.4 Å². The summed E-state index contributed by atoms with van der Waals surface area (Å²) >= 11 is 0. The van der Waals surface area contributed by atoms with Crippen LogP contribution in [0.25, 0.3) is 0 Å². The number of ketones is 1. The van der Waals surface area contributed by atoms with Crippen molar-refractivity contribution in [1.82, 2.24) is 0 Å². The largest absolute Gasteiger partial charge is 0.504 e. The van der Waals surface area contributed by atoms with Gasteiger partial charge in [0.1, 0.15) is 11.3 Å². The Morgan fingerprint density at radius 2 is 1.96 bits per heavy atom. The standard InChI is InChI=1S/C18H18O5/c1-21-14-9-13-15(17(20)18(14)22-2)16(19)12(10-23-13)8-11-6-4-3-5-7-11/h3-7,9,12,20H,8,10H2,1-2H3. The van der Waals surface area contributed by atoms with Gasteiger partial charge in [-0.15, -0.1) is 0 Å². The van der Waals surface area contributed by atoms with Crippen LogP contribution in [0.3, 0.4) is 0 Å². The molecule has 0 bridgehead atoms. The number of rotatable bonds is 4. The molecular weight excluding hydrogens is 296 g/mol. The lowest BCUT2D eigenvalue weighted by atomic mass is 9.89. The Kier molecular flexibility index (Phi) is 4.10. The van der Waals surface area contributed by atoms with E-state index in [-0.39, 0.29) is 35.4 Å². The van der Waals surface area contributed by atoms with E-state index in [0.29, 0.717) is 17.9 Å². The van der Waals surface area contributed by atoms with Crippen LogP contribution < -0.4 is 14.2 Å². The molecule has 23 heavy (non-hydrogen) atoms. The molecule has 120 valence electrons. The molecule has 1 aliphatic rings. The second kappa shape index (κ2) is 6.20. The first-order valence-electron chi connectivity index (χ1n) is 7.34. The molecule has 2 aromatic rings. The van der Waals surface area contributed by atoms with E-state index in [4.69, 9.17) is 14.2 Å². The molecule has 1 atom stereocenters. The van der Waals surface area contributed by atoms with E-state index in [1.54, 1.807) is 6.07 Å². The van der Waals surface area contributed by atoms with Gasteiger partial charge in [0.2, 0.25) is 5.75 Å². The summed E-state index contributed by atoms with van der Waals surface area (Å²) in [6.45, 7) is 0.273. The van der Waals surface area contributed by atoms with E-state index < -0.39 is 0 Å². The molecule has 5 nitrogen and oxygen atoms in total. The van der Waals surface area contributed by atoms with E-state index in [1.165, 1.54) is 14.2 Å². The van der Waals surface area contributed by atoms with E-state index in [0.717, 1.165) is 5.56 Å². The van der Waals surface area contributed by atoms with Gasteiger partial charge in [0.25, 0.3) is 0 Å². The number of phenolic OH excluding ortho intramolecular Hbond substituents is 1. The molecule has 0 saturated carbocycles. The molecule has 0 fully saturated rings. The fraction of sp³-hybridized carbons (Fsp3) is 0.278. The Morgan fingerprint density at radius 1 is 1.22 bits per heavy atom. The highest BCUT2D eigenvalue weighted by atomic mass is 16.5. The Bertz CT molecular complexity index is 724. The number of hydrogen-bond acceptors (Lipinski definition) is 5. The van der Waals surface area contributed by atoms with Gasteiger partial charge in [-0.3, -0.25) is 4.79 Å². The highest BCUT2D eigenvalue weighted by molar-refractivity contribution is 6.05. The Morgan fingerprint density at radius 3 is 2.61 bits per heavy atom. The third-order valence-corrected chi connectivity index (χ3v) is 3.99. The lowest BCUT2D eigenvalue weighted by molar-refractivity contribution is 0.0824. The zero-order valence-corrected chi connectivity index (χ0v) is 13.0. The summed E-state index contributed by atoms with van der Waals surface area (Å²) in [4.78, 5) is 12.8. The summed E-state index contributed by atoms with van der Waals surface area (Å²) in [6, 6.07) is 11.3. The van der Waals surface area contributed by atoms with Crippen molar-refractivity contribution in [3.05, 3.63) is 47.5 Å². The van der Waals surface area contributed by atoms with Gasteiger partial charge >= 0.3 is 0 Å². The molecule has 1 unspecified atom stereocenters.